The van der Waals surface area contributed by atoms with Crippen molar-refractivity contribution >= 4 is 22.4 Å². The van der Waals surface area contributed by atoms with E-state index in [0.29, 0.717) is 12.1 Å². The first-order chi connectivity index (χ1) is 10.2. The molecule has 0 unspecified atom stereocenters. The quantitative estimate of drug-likeness (QED) is 0.860. The van der Waals surface area contributed by atoms with Crippen LogP contribution < -0.4 is 15.4 Å². The lowest BCUT2D eigenvalue weighted by Crippen LogP contribution is -2.26. The minimum atomic E-state index is -0.0968. The zero-order valence-corrected chi connectivity index (χ0v) is 13.2. The van der Waals surface area contributed by atoms with Gasteiger partial charge in [-0.1, -0.05) is 18.2 Å². The van der Waals surface area contributed by atoms with Gasteiger partial charge in [-0.2, -0.15) is 4.37 Å². The van der Waals surface area contributed by atoms with Gasteiger partial charge in [0.1, 0.15) is 10.8 Å². The number of carbonyl (C=O) groups is 1. The number of hydrogen-bond acceptors (Lipinski definition) is 5. The van der Waals surface area contributed by atoms with Crippen molar-refractivity contribution in [2.45, 2.75) is 13.3 Å². The van der Waals surface area contributed by atoms with Crippen LogP contribution in [0.25, 0.3) is 0 Å². The van der Waals surface area contributed by atoms with E-state index >= 15 is 0 Å². The highest BCUT2D eigenvalue weighted by atomic mass is 32.1. The highest BCUT2D eigenvalue weighted by Gasteiger charge is 2.17. The third-order valence-corrected chi connectivity index (χ3v) is 4.15. The van der Waals surface area contributed by atoms with E-state index in [4.69, 9.17) is 4.74 Å². The van der Waals surface area contributed by atoms with Gasteiger partial charge in [0.05, 0.1) is 18.4 Å². The lowest BCUT2D eigenvalue weighted by atomic mass is 10.1. The first-order valence-corrected chi connectivity index (χ1v) is 7.48. The number of aromatic nitrogens is 1. The van der Waals surface area contributed by atoms with Crippen molar-refractivity contribution in [3.8, 4) is 5.75 Å². The summed E-state index contributed by atoms with van der Waals surface area (Å²) in [5, 5.41) is 6.73. The van der Waals surface area contributed by atoms with Crippen LogP contribution in [0.3, 0.4) is 0 Å². The summed E-state index contributed by atoms with van der Waals surface area (Å²) >= 11 is 1.30. The SMILES string of the molecule is CNc1snc(C)c1C(=O)NCCc1ccccc1OC. The fourth-order valence-corrected chi connectivity index (χ4v) is 2.86. The Morgan fingerprint density at radius 3 is 2.86 bits per heavy atom. The van der Waals surface area contributed by atoms with E-state index in [9.17, 15) is 4.79 Å². The molecule has 0 spiro atoms. The molecule has 6 heteroatoms. The summed E-state index contributed by atoms with van der Waals surface area (Å²) in [5.74, 6) is 0.747. The molecule has 0 atom stereocenters. The Morgan fingerprint density at radius 2 is 2.14 bits per heavy atom. The van der Waals surface area contributed by atoms with Crippen LogP contribution in [0, 0.1) is 6.92 Å². The molecule has 5 nitrogen and oxygen atoms in total. The monoisotopic (exact) mass is 305 g/mol. The smallest absolute Gasteiger partial charge is 0.256 e. The molecule has 21 heavy (non-hydrogen) atoms. The molecule has 0 radical (unpaired) electrons. The number of anilines is 1. The molecule has 2 N–H and O–H groups in total. The maximum Gasteiger partial charge on any atom is 0.256 e. The molecular formula is C15H19N3O2S. The van der Waals surface area contributed by atoms with Crippen molar-refractivity contribution < 1.29 is 9.53 Å². The van der Waals surface area contributed by atoms with Gasteiger partial charge in [0, 0.05) is 13.6 Å². The number of rotatable bonds is 6. The zero-order valence-electron chi connectivity index (χ0n) is 12.4. The van der Waals surface area contributed by atoms with E-state index in [1.165, 1.54) is 11.5 Å². The van der Waals surface area contributed by atoms with Gasteiger partial charge >= 0.3 is 0 Å². The molecule has 1 amide bonds. The molecule has 0 aliphatic heterocycles. The fourth-order valence-electron chi connectivity index (χ4n) is 2.12. The van der Waals surface area contributed by atoms with Crippen LogP contribution in [0.4, 0.5) is 5.00 Å². The summed E-state index contributed by atoms with van der Waals surface area (Å²) in [6.45, 7) is 2.39. The standard InChI is InChI=1S/C15H19N3O2S/c1-10-13(15(16-2)21-18-10)14(19)17-9-8-11-6-4-5-7-12(11)20-3/h4-7,16H,8-9H2,1-3H3,(H,17,19). The molecule has 0 saturated carbocycles. The van der Waals surface area contributed by atoms with Crippen LogP contribution in [0.2, 0.25) is 0 Å². The Hall–Kier alpha value is -2.08. The number of para-hydroxylation sites is 1. The van der Waals surface area contributed by atoms with Crippen LogP contribution >= 0.6 is 11.5 Å². The lowest BCUT2D eigenvalue weighted by Gasteiger charge is -2.09. The summed E-state index contributed by atoms with van der Waals surface area (Å²) in [7, 11) is 3.44. The molecule has 112 valence electrons. The molecule has 2 aromatic rings. The van der Waals surface area contributed by atoms with Crippen molar-refractivity contribution in [3.05, 3.63) is 41.1 Å². The van der Waals surface area contributed by atoms with Crippen molar-refractivity contribution in [1.29, 1.82) is 0 Å². The van der Waals surface area contributed by atoms with Gasteiger partial charge < -0.3 is 15.4 Å². The van der Waals surface area contributed by atoms with Crippen molar-refractivity contribution in [3.63, 3.8) is 0 Å². The Bertz CT molecular complexity index is 625. The van der Waals surface area contributed by atoms with E-state index in [-0.39, 0.29) is 5.91 Å². The lowest BCUT2D eigenvalue weighted by molar-refractivity contribution is 0.0954. The number of methoxy groups -OCH3 is 1. The normalized spacial score (nSPS) is 10.2. The summed E-state index contributed by atoms with van der Waals surface area (Å²) in [6.07, 6.45) is 0.723. The topological polar surface area (TPSA) is 63.2 Å². The van der Waals surface area contributed by atoms with E-state index < -0.39 is 0 Å². The molecule has 0 saturated heterocycles. The van der Waals surface area contributed by atoms with Gasteiger partial charge in [0.2, 0.25) is 0 Å². The molecule has 2 rings (SSSR count). The summed E-state index contributed by atoms with van der Waals surface area (Å²) in [5.41, 5.74) is 2.45. The predicted molar refractivity (Wildman–Crippen MR) is 85.4 cm³/mol. The summed E-state index contributed by atoms with van der Waals surface area (Å²) < 4.78 is 9.50. The minimum absolute atomic E-state index is 0.0968. The van der Waals surface area contributed by atoms with Crippen LogP contribution in [-0.2, 0) is 6.42 Å². The van der Waals surface area contributed by atoms with Crippen LogP contribution in [0.1, 0.15) is 21.6 Å². The fraction of sp³-hybridized carbons (Fsp3) is 0.333. The van der Waals surface area contributed by atoms with Gasteiger partial charge in [0.25, 0.3) is 5.91 Å². The molecule has 1 aromatic carbocycles. The Labute approximate surface area is 128 Å². The summed E-state index contributed by atoms with van der Waals surface area (Å²) in [4.78, 5) is 12.2. The maximum atomic E-state index is 12.2. The molecule has 0 fully saturated rings. The maximum absolute atomic E-state index is 12.2. The first-order valence-electron chi connectivity index (χ1n) is 6.71. The van der Waals surface area contributed by atoms with Gasteiger partial charge in [-0.05, 0) is 36.5 Å². The van der Waals surface area contributed by atoms with Gasteiger partial charge in [-0.3, -0.25) is 4.79 Å². The minimum Gasteiger partial charge on any atom is -0.496 e. The van der Waals surface area contributed by atoms with Crippen LogP contribution in [0.15, 0.2) is 24.3 Å². The van der Waals surface area contributed by atoms with Gasteiger partial charge in [-0.25, -0.2) is 0 Å². The van der Waals surface area contributed by atoms with E-state index in [1.807, 2.05) is 31.2 Å². The third-order valence-electron chi connectivity index (χ3n) is 3.19. The van der Waals surface area contributed by atoms with Crippen LogP contribution in [0.5, 0.6) is 5.75 Å². The number of nitrogens with zero attached hydrogens (tertiary/aromatic N) is 1. The average molecular weight is 305 g/mol. The molecule has 1 heterocycles. The highest BCUT2D eigenvalue weighted by Crippen LogP contribution is 2.23. The second-order valence-electron chi connectivity index (χ2n) is 4.54. The van der Waals surface area contributed by atoms with Gasteiger partial charge in [-0.15, -0.1) is 0 Å². The zero-order chi connectivity index (χ0) is 15.2. The predicted octanol–water partition coefficient (Wildman–Crippen LogP) is 2.47. The summed E-state index contributed by atoms with van der Waals surface area (Å²) in [6, 6.07) is 7.82. The molecule has 0 aliphatic rings. The molecular weight excluding hydrogens is 286 g/mol. The van der Waals surface area contributed by atoms with Gasteiger partial charge in [0.15, 0.2) is 0 Å². The number of carbonyl (C=O) groups excluding carboxylic acids is 1. The van der Waals surface area contributed by atoms with E-state index in [2.05, 4.69) is 15.0 Å². The largest absolute Gasteiger partial charge is 0.496 e. The van der Waals surface area contributed by atoms with E-state index in [1.54, 1.807) is 14.2 Å². The second-order valence-corrected chi connectivity index (χ2v) is 5.31. The first kappa shape index (κ1) is 15.3. The number of benzene rings is 1. The van der Waals surface area contributed by atoms with Crippen molar-refractivity contribution in [2.75, 3.05) is 26.0 Å². The number of amides is 1. The van der Waals surface area contributed by atoms with Crippen LogP contribution in [-0.4, -0.2) is 31.0 Å². The Morgan fingerprint density at radius 1 is 1.38 bits per heavy atom. The Kier molecular flexibility index (Phi) is 5.16. The van der Waals surface area contributed by atoms with E-state index in [0.717, 1.165) is 28.4 Å². The number of nitrogens with one attached hydrogen (secondary N) is 2. The number of hydrogen-bond donors (Lipinski definition) is 2. The number of aryl methyl sites for hydroxylation is 1. The van der Waals surface area contributed by atoms with Crippen molar-refractivity contribution in [2.24, 2.45) is 0 Å². The number of ether oxygens (including phenoxy) is 1. The highest BCUT2D eigenvalue weighted by molar-refractivity contribution is 7.10. The molecule has 1 aromatic heterocycles. The van der Waals surface area contributed by atoms with Crippen molar-refractivity contribution in [1.82, 2.24) is 9.69 Å². The average Bonchev–Trinajstić information content (AvgIpc) is 2.88. The molecule has 0 bridgehead atoms. The Balaban J connectivity index is 1.97. The molecule has 0 aliphatic carbocycles. The second kappa shape index (κ2) is 7.08. The third kappa shape index (κ3) is 3.52.